The Morgan fingerprint density at radius 3 is 2.47 bits per heavy atom. The van der Waals surface area contributed by atoms with Crippen molar-refractivity contribution < 1.29 is 9.18 Å². The lowest BCUT2D eigenvalue weighted by atomic mass is 10.1. The van der Waals surface area contributed by atoms with Crippen molar-refractivity contribution in [3.05, 3.63) is 107 Å². The summed E-state index contributed by atoms with van der Waals surface area (Å²) in [4.78, 5) is 17.2. The predicted octanol–water partition coefficient (Wildman–Crippen LogP) is 5.57. The number of carbonyl (C=O) groups is 1. The van der Waals surface area contributed by atoms with Crippen molar-refractivity contribution in [2.75, 3.05) is 0 Å². The monoisotopic (exact) mass is 419 g/mol. The van der Waals surface area contributed by atoms with Crippen LogP contribution in [0.15, 0.2) is 79.0 Å². The van der Waals surface area contributed by atoms with Gasteiger partial charge in [-0.25, -0.2) is 4.39 Å². The third-order valence-corrected chi connectivity index (χ3v) is 5.12. The highest BCUT2D eigenvalue weighted by Crippen LogP contribution is 2.30. The van der Waals surface area contributed by atoms with E-state index in [-0.39, 0.29) is 11.7 Å². The van der Waals surface area contributed by atoms with Gasteiger partial charge < -0.3 is 9.88 Å². The van der Waals surface area contributed by atoms with Crippen molar-refractivity contribution in [1.82, 2.24) is 14.9 Å². The number of pyridine rings is 1. The molecule has 0 atom stereocenters. The van der Waals surface area contributed by atoms with Gasteiger partial charge in [0.05, 0.1) is 23.5 Å². The fourth-order valence-corrected chi connectivity index (χ4v) is 3.49. The van der Waals surface area contributed by atoms with E-state index in [0.717, 1.165) is 28.3 Å². The minimum absolute atomic E-state index is 0.200. The molecule has 6 heteroatoms. The molecule has 0 aliphatic heterocycles. The zero-order valence-electron chi connectivity index (χ0n) is 16.3. The van der Waals surface area contributed by atoms with Crippen molar-refractivity contribution in [2.45, 2.75) is 13.5 Å². The predicted molar refractivity (Wildman–Crippen MR) is 116 cm³/mol. The van der Waals surface area contributed by atoms with Crippen LogP contribution in [0.1, 0.15) is 21.7 Å². The molecule has 1 amide bonds. The van der Waals surface area contributed by atoms with Crippen molar-refractivity contribution in [3.63, 3.8) is 0 Å². The quantitative estimate of drug-likeness (QED) is 0.459. The van der Waals surface area contributed by atoms with Gasteiger partial charge in [-0.05, 0) is 67.1 Å². The van der Waals surface area contributed by atoms with Crippen LogP contribution in [-0.2, 0) is 6.54 Å². The molecular weight excluding hydrogens is 401 g/mol. The Kier molecular flexibility index (Phi) is 5.63. The van der Waals surface area contributed by atoms with Crippen LogP contribution in [0, 0.1) is 12.7 Å². The first-order chi connectivity index (χ1) is 14.5. The summed E-state index contributed by atoms with van der Waals surface area (Å²) < 4.78 is 15.4. The molecule has 0 spiro atoms. The highest BCUT2D eigenvalue weighted by Gasteiger charge is 2.19. The van der Waals surface area contributed by atoms with Crippen LogP contribution in [0.3, 0.4) is 0 Å². The van der Waals surface area contributed by atoms with Gasteiger partial charge in [0.25, 0.3) is 5.91 Å². The van der Waals surface area contributed by atoms with E-state index in [2.05, 4.69) is 10.3 Å². The largest absolute Gasteiger partial charge is 0.346 e. The summed E-state index contributed by atoms with van der Waals surface area (Å²) in [7, 11) is 0. The van der Waals surface area contributed by atoms with E-state index in [1.807, 2.05) is 47.9 Å². The molecule has 0 bridgehead atoms. The smallest absolute Gasteiger partial charge is 0.253 e. The summed E-state index contributed by atoms with van der Waals surface area (Å²) in [6.07, 6.45) is 1.69. The number of hydrogen-bond acceptors (Lipinski definition) is 2. The number of nitrogens with one attached hydrogen (secondary N) is 1. The second-order valence-electron chi connectivity index (χ2n) is 6.85. The highest BCUT2D eigenvalue weighted by molar-refractivity contribution is 6.30. The number of hydrogen-bond donors (Lipinski definition) is 1. The molecule has 0 unspecified atom stereocenters. The van der Waals surface area contributed by atoms with E-state index in [4.69, 9.17) is 11.6 Å². The third-order valence-electron chi connectivity index (χ3n) is 4.87. The van der Waals surface area contributed by atoms with E-state index in [9.17, 15) is 9.18 Å². The van der Waals surface area contributed by atoms with Gasteiger partial charge >= 0.3 is 0 Å². The van der Waals surface area contributed by atoms with Crippen molar-refractivity contribution >= 4 is 17.5 Å². The highest BCUT2D eigenvalue weighted by atomic mass is 35.5. The number of rotatable bonds is 5. The van der Waals surface area contributed by atoms with Crippen molar-refractivity contribution in [3.8, 4) is 16.9 Å². The van der Waals surface area contributed by atoms with Crippen LogP contribution in [0.25, 0.3) is 16.9 Å². The maximum Gasteiger partial charge on any atom is 0.253 e. The number of benzene rings is 2. The SMILES string of the molecule is Cc1c(C(=O)NCc2ccccn2)cc(-c2ccc(Cl)cc2)n1-c1ccc(F)cc1. The average molecular weight is 420 g/mol. The van der Waals surface area contributed by atoms with Crippen LogP contribution in [-0.4, -0.2) is 15.5 Å². The Hall–Kier alpha value is -3.44. The van der Waals surface area contributed by atoms with Gasteiger partial charge in [-0.1, -0.05) is 29.8 Å². The van der Waals surface area contributed by atoms with Crippen LogP contribution in [0.5, 0.6) is 0 Å². The first kappa shape index (κ1) is 19.9. The third kappa shape index (κ3) is 4.11. The average Bonchev–Trinajstić information content (AvgIpc) is 3.11. The summed E-state index contributed by atoms with van der Waals surface area (Å²) >= 11 is 6.04. The molecule has 2 aromatic carbocycles. The summed E-state index contributed by atoms with van der Waals surface area (Å²) in [5.41, 5.74) is 4.56. The summed E-state index contributed by atoms with van der Waals surface area (Å²) in [5.74, 6) is -0.515. The molecule has 2 aromatic heterocycles. The summed E-state index contributed by atoms with van der Waals surface area (Å²) in [6.45, 7) is 2.20. The Balaban J connectivity index is 1.74. The standard InChI is InChI=1S/C24H19ClFN3O/c1-16-22(24(30)28-15-20-4-2-3-13-27-20)14-23(17-5-7-18(25)8-6-17)29(16)21-11-9-19(26)10-12-21/h2-14H,15H2,1H3,(H,28,30). The van der Waals surface area contributed by atoms with Crippen molar-refractivity contribution in [2.24, 2.45) is 0 Å². The van der Waals surface area contributed by atoms with Crippen LogP contribution >= 0.6 is 11.6 Å². The summed E-state index contributed by atoms with van der Waals surface area (Å²) in [5, 5.41) is 3.55. The maximum absolute atomic E-state index is 13.5. The van der Waals surface area contributed by atoms with Gasteiger partial charge in [0, 0.05) is 22.6 Å². The van der Waals surface area contributed by atoms with Crippen LogP contribution in [0.4, 0.5) is 4.39 Å². The van der Waals surface area contributed by atoms with E-state index >= 15 is 0 Å². The molecule has 1 N–H and O–H groups in total. The van der Waals surface area contributed by atoms with Gasteiger partial charge in [-0.2, -0.15) is 0 Å². The molecule has 0 aliphatic carbocycles. The van der Waals surface area contributed by atoms with Crippen LogP contribution in [0.2, 0.25) is 5.02 Å². The van der Waals surface area contributed by atoms with Gasteiger partial charge in [0.1, 0.15) is 5.82 Å². The number of carbonyl (C=O) groups excluding carboxylic acids is 1. The van der Waals surface area contributed by atoms with E-state index in [1.165, 1.54) is 12.1 Å². The molecule has 150 valence electrons. The molecule has 0 saturated heterocycles. The minimum atomic E-state index is -0.315. The van der Waals surface area contributed by atoms with Gasteiger partial charge in [-0.3, -0.25) is 9.78 Å². The van der Waals surface area contributed by atoms with Gasteiger partial charge in [-0.15, -0.1) is 0 Å². The van der Waals surface area contributed by atoms with E-state index < -0.39 is 0 Å². The zero-order valence-corrected chi connectivity index (χ0v) is 17.0. The molecule has 2 heterocycles. The minimum Gasteiger partial charge on any atom is -0.346 e. The molecule has 4 rings (SSSR count). The lowest BCUT2D eigenvalue weighted by molar-refractivity contribution is 0.0950. The molecule has 0 fully saturated rings. The normalized spacial score (nSPS) is 10.8. The second-order valence-corrected chi connectivity index (χ2v) is 7.29. The van der Waals surface area contributed by atoms with Gasteiger partial charge in [0.15, 0.2) is 0 Å². The Morgan fingerprint density at radius 1 is 1.07 bits per heavy atom. The first-order valence-electron chi connectivity index (χ1n) is 9.45. The Labute approximate surface area is 179 Å². The van der Waals surface area contributed by atoms with Gasteiger partial charge in [0.2, 0.25) is 0 Å². The first-order valence-corrected chi connectivity index (χ1v) is 9.83. The van der Waals surface area contributed by atoms with Crippen LogP contribution < -0.4 is 5.32 Å². The number of halogens is 2. The number of nitrogens with zero attached hydrogens (tertiary/aromatic N) is 2. The molecule has 0 aliphatic rings. The topological polar surface area (TPSA) is 46.9 Å². The fourth-order valence-electron chi connectivity index (χ4n) is 3.36. The zero-order chi connectivity index (χ0) is 21.1. The lowest BCUT2D eigenvalue weighted by Crippen LogP contribution is -2.23. The lowest BCUT2D eigenvalue weighted by Gasteiger charge is -2.12. The molecular formula is C24H19ClFN3O. The number of amides is 1. The fraction of sp³-hybridized carbons (Fsp3) is 0.0833. The number of aromatic nitrogens is 2. The Bertz CT molecular complexity index is 1170. The Morgan fingerprint density at radius 2 is 1.80 bits per heavy atom. The van der Waals surface area contributed by atoms with E-state index in [1.54, 1.807) is 30.5 Å². The molecule has 4 nitrogen and oxygen atoms in total. The maximum atomic E-state index is 13.5. The summed E-state index contributed by atoms with van der Waals surface area (Å²) in [6, 6.07) is 21.0. The molecule has 4 aromatic rings. The molecule has 0 saturated carbocycles. The molecule has 30 heavy (non-hydrogen) atoms. The second kappa shape index (κ2) is 8.51. The molecule has 0 radical (unpaired) electrons. The van der Waals surface area contributed by atoms with E-state index in [0.29, 0.717) is 17.1 Å². The van der Waals surface area contributed by atoms with Crippen molar-refractivity contribution in [1.29, 1.82) is 0 Å².